The van der Waals surface area contributed by atoms with E-state index in [2.05, 4.69) is 10.2 Å². The number of carbonyl (C=O) groups excluding carboxylic acids is 1. The highest BCUT2D eigenvalue weighted by molar-refractivity contribution is 5.87. The van der Waals surface area contributed by atoms with E-state index in [9.17, 15) is 4.79 Å². The molecule has 1 atom stereocenters. The molecule has 2 aromatic rings. The van der Waals surface area contributed by atoms with E-state index in [1.807, 2.05) is 37.3 Å². The molecule has 0 spiro atoms. The summed E-state index contributed by atoms with van der Waals surface area (Å²) in [4.78, 5) is 12.3. The number of aromatic nitrogens is 3. The van der Waals surface area contributed by atoms with Crippen molar-refractivity contribution < 1.29 is 4.79 Å². The van der Waals surface area contributed by atoms with Crippen molar-refractivity contribution in [3.63, 3.8) is 0 Å². The van der Waals surface area contributed by atoms with Crippen molar-refractivity contribution in [1.82, 2.24) is 14.8 Å². The molecule has 88 valence electrons. The third kappa shape index (κ3) is 2.18. The van der Waals surface area contributed by atoms with Crippen LogP contribution < -0.4 is 5.73 Å². The molecule has 5 heteroatoms. The Morgan fingerprint density at radius 2 is 2.12 bits per heavy atom. The maximum atomic E-state index is 12.3. The Hall–Kier alpha value is -2.17. The summed E-state index contributed by atoms with van der Waals surface area (Å²) < 4.78 is 1.29. The summed E-state index contributed by atoms with van der Waals surface area (Å²) >= 11 is 0. The van der Waals surface area contributed by atoms with Crippen LogP contribution in [0, 0.1) is 0 Å². The van der Waals surface area contributed by atoms with Crippen molar-refractivity contribution in [2.75, 3.05) is 5.73 Å². The van der Waals surface area contributed by atoms with Crippen molar-refractivity contribution in [3.05, 3.63) is 42.2 Å². The highest BCUT2D eigenvalue weighted by atomic mass is 16.2. The second-order valence-electron chi connectivity index (χ2n) is 3.77. The van der Waals surface area contributed by atoms with Crippen LogP contribution in [0.3, 0.4) is 0 Å². The maximum absolute atomic E-state index is 12.3. The molecule has 0 aliphatic carbocycles. The Bertz CT molecular complexity index is 506. The lowest BCUT2D eigenvalue weighted by Gasteiger charge is -2.14. The Morgan fingerprint density at radius 1 is 1.41 bits per heavy atom. The first-order valence-electron chi connectivity index (χ1n) is 5.48. The molecule has 0 unspecified atom stereocenters. The zero-order valence-electron chi connectivity index (χ0n) is 9.58. The van der Waals surface area contributed by atoms with Crippen molar-refractivity contribution in [3.8, 4) is 0 Å². The van der Waals surface area contributed by atoms with E-state index >= 15 is 0 Å². The van der Waals surface area contributed by atoms with E-state index in [0.29, 0.717) is 6.42 Å². The molecule has 2 rings (SSSR count). The monoisotopic (exact) mass is 230 g/mol. The van der Waals surface area contributed by atoms with Gasteiger partial charge in [0, 0.05) is 0 Å². The molecule has 0 fully saturated rings. The van der Waals surface area contributed by atoms with Crippen LogP contribution in [-0.2, 0) is 0 Å². The van der Waals surface area contributed by atoms with Crippen LogP contribution in [0.2, 0.25) is 0 Å². The first-order valence-corrected chi connectivity index (χ1v) is 5.48. The lowest BCUT2D eigenvalue weighted by Crippen LogP contribution is -2.20. The van der Waals surface area contributed by atoms with E-state index in [-0.39, 0.29) is 17.8 Å². The molecular weight excluding hydrogens is 216 g/mol. The first-order chi connectivity index (χ1) is 8.24. The third-order valence-corrected chi connectivity index (χ3v) is 2.72. The number of nitrogen functional groups attached to an aromatic ring is 1. The fraction of sp³-hybridized carbons (Fsp3) is 0.250. The number of nitrogens with zero attached hydrogens (tertiary/aromatic N) is 3. The standard InChI is InChI=1S/C12H14N4O/c1-2-10(9-6-4-3-5-7-9)11(17)16-8-14-15-12(16)13/h3-8,10H,2H2,1H3,(H2,13,15)/t10-/m0/s1. The first kappa shape index (κ1) is 11.3. The van der Waals surface area contributed by atoms with Gasteiger partial charge in [-0.05, 0) is 12.0 Å². The summed E-state index contributed by atoms with van der Waals surface area (Å²) in [5.74, 6) is -0.180. The van der Waals surface area contributed by atoms with Crippen LogP contribution in [-0.4, -0.2) is 20.7 Å². The highest BCUT2D eigenvalue weighted by Gasteiger charge is 2.21. The average Bonchev–Trinajstić information content (AvgIpc) is 2.77. The van der Waals surface area contributed by atoms with Crippen LogP contribution in [0.4, 0.5) is 5.95 Å². The van der Waals surface area contributed by atoms with Crippen molar-refractivity contribution in [2.45, 2.75) is 19.3 Å². The van der Waals surface area contributed by atoms with E-state index in [0.717, 1.165) is 5.56 Å². The number of hydrogen-bond acceptors (Lipinski definition) is 4. The number of anilines is 1. The fourth-order valence-electron chi connectivity index (χ4n) is 1.82. The van der Waals surface area contributed by atoms with Gasteiger partial charge in [-0.3, -0.25) is 4.79 Å². The summed E-state index contributed by atoms with van der Waals surface area (Å²) in [6, 6.07) is 9.63. The summed E-state index contributed by atoms with van der Waals surface area (Å²) in [7, 11) is 0. The Morgan fingerprint density at radius 3 is 2.65 bits per heavy atom. The minimum Gasteiger partial charge on any atom is -0.368 e. The number of benzene rings is 1. The van der Waals surface area contributed by atoms with E-state index in [4.69, 9.17) is 5.73 Å². The summed E-state index contributed by atoms with van der Waals surface area (Å²) in [6.07, 6.45) is 2.06. The van der Waals surface area contributed by atoms with Gasteiger partial charge >= 0.3 is 0 Å². The normalized spacial score (nSPS) is 12.3. The lowest BCUT2D eigenvalue weighted by molar-refractivity contribution is 0.0877. The highest BCUT2D eigenvalue weighted by Crippen LogP contribution is 2.21. The minimum atomic E-state index is -0.213. The van der Waals surface area contributed by atoms with Gasteiger partial charge in [-0.1, -0.05) is 37.3 Å². The largest absolute Gasteiger partial charge is 0.368 e. The van der Waals surface area contributed by atoms with Crippen LogP contribution >= 0.6 is 0 Å². The van der Waals surface area contributed by atoms with Gasteiger partial charge in [0.25, 0.3) is 0 Å². The van der Waals surface area contributed by atoms with Crippen LogP contribution in [0.25, 0.3) is 0 Å². The molecule has 0 aliphatic heterocycles. The number of rotatable bonds is 3. The zero-order valence-corrected chi connectivity index (χ0v) is 9.58. The molecule has 0 radical (unpaired) electrons. The number of carbonyl (C=O) groups is 1. The van der Waals surface area contributed by atoms with Crippen molar-refractivity contribution in [2.24, 2.45) is 0 Å². The van der Waals surface area contributed by atoms with Crippen LogP contribution in [0.15, 0.2) is 36.7 Å². The van der Waals surface area contributed by atoms with Crippen molar-refractivity contribution >= 4 is 11.9 Å². The topological polar surface area (TPSA) is 73.8 Å². The molecule has 0 saturated carbocycles. The van der Waals surface area contributed by atoms with Crippen LogP contribution in [0.5, 0.6) is 0 Å². The third-order valence-electron chi connectivity index (χ3n) is 2.72. The zero-order chi connectivity index (χ0) is 12.3. The van der Waals surface area contributed by atoms with Gasteiger partial charge in [-0.2, -0.15) is 0 Å². The molecule has 0 saturated heterocycles. The van der Waals surface area contributed by atoms with E-state index < -0.39 is 0 Å². The van der Waals surface area contributed by atoms with Gasteiger partial charge in [0.1, 0.15) is 6.33 Å². The van der Waals surface area contributed by atoms with Gasteiger partial charge in [-0.15, -0.1) is 10.2 Å². The predicted octanol–water partition coefficient (Wildman–Crippen LogP) is 1.69. The quantitative estimate of drug-likeness (QED) is 0.870. The molecule has 17 heavy (non-hydrogen) atoms. The maximum Gasteiger partial charge on any atom is 0.242 e. The molecule has 0 amide bonds. The van der Waals surface area contributed by atoms with Crippen LogP contribution in [0.1, 0.15) is 29.6 Å². The van der Waals surface area contributed by atoms with Gasteiger partial charge in [0.15, 0.2) is 0 Å². The minimum absolute atomic E-state index is 0.0961. The molecule has 1 heterocycles. The molecule has 5 nitrogen and oxygen atoms in total. The second kappa shape index (κ2) is 4.78. The molecule has 1 aromatic heterocycles. The van der Waals surface area contributed by atoms with E-state index in [1.54, 1.807) is 0 Å². The van der Waals surface area contributed by atoms with E-state index in [1.165, 1.54) is 10.9 Å². The SMILES string of the molecule is CC[C@H](C(=O)n1cnnc1N)c1ccccc1. The molecule has 2 N–H and O–H groups in total. The summed E-state index contributed by atoms with van der Waals surface area (Å²) in [6.45, 7) is 1.97. The average molecular weight is 230 g/mol. The predicted molar refractivity (Wildman–Crippen MR) is 64.5 cm³/mol. The summed E-state index contributed by atoms with van der Waals surface area (Å²) in [5, 5.41) is 7.24. The number of hydrogen-bond donors (Lipinski definition) is 1. The molecule has 0 aliphatic rings. The Kier molecular flexibility index (Phi) is 3.18. The van der Waals surface area contributed by atoms with Gasteiger partial charge in [0.05, 0.1) is 5.92 Å². The summed E-state index contributed by atoms with van der Waals surface area (Å²) in [5.41, 5.74) is 6.56. The smallest absolute Gasteiger partial charge is 0.242 e. The number of nitrogens with two attached hydrogens (primary N) is 1. The Balaban J connectivity index is 2.32. The van der Waals surface area contributed by atoms with Gasteiger partial charge in [-0.25, -0.2) is 4.57 Å². The fourth-order valence-corrected chi connectivity index (χ4v) is 1.82. The molecular formula is C12H14N4O. The van der Waals surface area contributed by atoms with Gasteiger partial charge in [0.2, 0.25) is 11.9 Å². The molecule has 1 aromatic carbocycles. The second-order valence-corrected chi connectivity index (χ2v) is 3.77. The molecule has 0 bridgehead atoms. The van der Waals surface area contributed by atoms with Crippen molar-refractivity contribution in [1.29, 1.82) is 0 Å². The Labute approximate surface area is 99.3 Å². The van der Waals surface area contributed by atoms with Gasteiger partial charge < -0.3 is 5.73 Å². The lowest BCUT2D eigenvalue weighted by atomic mass is 9.96.